The Balaban J connectivity index is 1.87. The van der Waals surface area contributed by atoms with E-state index in [0.29, 0.717) is 17.1 Å². The van der Waals surface area contributed by atoms with Gasteiger partial charge in [-0.15, -0.1) is 0 Å². The predicted molar refractivity (Wildman–Crippen MR) is 87.1 cm³/mol. The number of benzene rings is 1. The highest BCUT2D eigenvalue weighted by Gasteiger charge is 2.24. The van der Waals surface area contributed by atoms with Crippen LogP contribution in [0.4, 0.5) is 5.69 Å². The Morgan fingerprint density at radius 3 is 2.65 bits per heavy atom. The SMILES string of the molecule is CC(C)(C)CC1CN=C(Nc2ccc(CC#N)cc2)S1. The van der Waals surface area contributed by atoms with E-state index in [1.165, 1.54) is 6.42 Å². The van der Waals surface area contributed by atoms with Crippen LogP contribution in [0.5, 0.6) is 0 Å². The Morgan fingerprint density at radius 1 is 1.35 bits per heavy atom. The molecule has 0 aliphatic carbocycles. The molecule has 1 unspecified atom stereocenters. The van der Waals surface area contributed by atoms with Gasteiger partial charge in [-0.1, -0.05) is 44.7 Å². The zero-order valence-corrected chi connectivity index (χ0v) is 13.1. The third-order valence-electron chi connectivity index (χ3n) is 3.05. The van der Waals surface area contributed by atoms with Crippen molar-refractivity contribution in [2.24, 2.45) is 10.4 Å². The number of hydrogen-bond donors (Lipinski definition) is 1. The van der Waals surface area contributed by atoms with Crippen LogP contribution in [0.1, 0.15) is 32.8 Å². The zero-order chi connectivity index (χ0) is 14.6. The third-order valence-corrected chi connectivity index (χ3v) is 4.15. The van der Waals surface area contributed by atoms with Gasteiger partial charge in [0.2, 0.25) is 0 Å². The number of anilines is 1. The van der Waals surface area contributed by atoms with Crippen LogP contribution >= 0.6 is 11.8 Å². The Kier molecular flexibility index (Phi) is 4.72. The maximum atomic E-state index is 8.65. The molecule has 0 bridgehead atoms. The van der Waals surface area contributed by atoms with Crippen molar-refractivity contribution in [1.29, 1.82) is 5.26 Å². The lowest BCUT2D eigenvalue weighted by atomic mass is 9.90. The molecule has 1 atom stereocenters. The predicted octanol–water partition coefficient (Wildman–Crippen LogP) is 4.07. The molecular formula is C16H21N3S. The van der Waals surface area contributed by atoms with Crippen molar-refractivity contribution in [1.82, 2.24) is 0 Å². The number of nitrogens with one attached hydrogen (secondary N) is 1. The van der Waals surface area contributed by atoms with Crippen LogP contribution in [-0.4, -0.2) is 17.0 Å². The van der Waals surface area contributed by atoms with Gasteiger partial charge < -0.3 is 5.32 Å². The van der Waals surface area contributed by atoms with Gasteiger partial charge in [-0.25, -0.2) is 0 Å². The second kappa shape index (κ2) is 6.32. The molecule has 4 heteroatoms. The highest BCUT2D eigenvalue weighted by Crippen LogP contribution is 2.32. The number of hydrogen-bond acceptors (Lipinski definition) is 4. The summed E-state index contributed by atoms with van der Waals surface area (Å²) < 4.78 is 0. The molecule has 1 N–H and O–H groups in total. The first kappa shape index (κ1) is 14.9. The molecule has 0 saturated carbocycles. The molecule has 1 aromatic carbocycles. The number of thioether (sulfide) groups is 1. The van der Waals surface area contributed by atoms with Crippen LogP contribution in [0.25, 0.3) is 0 Å². The number of rotatable bonds is 3. The van der Waals surface area contributed by atoms with Gasteiger partial charge in [0.1, 0.15) is 0 Å². The van der Waals surface area contributed by atoms with Crippen molar-refractivity contribution in [3.63, 3.8) is 0 Å². The molecule has 0 fully saturated rings. The Morgan fingerprint density at radius 2 is 2.05 bits per heavy atom. The van der Waals surface area contributed by atoms with Gasteiger partial charge in [0.15, 0.2) is 5.17 Å². The molecule has 1 aromatic rings. The fourth-order valence-electron chi connectivity index (χ4n) is 2.20. The summed E-state index contributed by atoms with van der Waals surface area (Å²) in [6.45, 7) is 7.71. The Hall–Kier alpha value is -1.47. The molecule has 106 valence electrons. The van der Waals surface area contributed by atoms with E-state index in [-0.39, 0.29) is 0 Å². The number of amidine groups is 1. The molecule has 0 saturated heterocycles. The third kappa shape index (κ3) is 4.57. The molecule has 0 spiro atoms. The smallest absolute Gasteiger partial charge is 0.161 e. The molecule has 20 heavy (non-hydrogen) atoms. The summed E-state index contributed by atoms with van der Waals surface area (Å²) in [6, 6.07) is 10.1. The number of nitriles is 1. The summed E-state index contributed by atoms with van der Waals surface area (Å²) in [5.74, 6) is 0. The minimum absolute atomic E-state index is 0.349. The van der Waals surface area contributed by atoms with Gasteiger partial charge in [-0.05, 0) is 29.5 Å². The summed E-state index contributed by atoms with van der Waals surface area (Å²) in [6.07, 6.45) is 1.64. The van der Waals surface area contributed by atoms with Crippen molar-refractivity contribution >= 4 is 22.6 Å². The van der Waals surface area contributed by atoms with E-state index in [9.17, 15) is 0 Å². The van der Waals surface area contributed by atoms with Gasteiger partial charge in [0, 0.05) is 10.9 Å². The average molecular weight is 287 g/mol. The molecule has 1 aliphatic rings. The standard InChI is InChI=1S/C16H21N3S/c1-16(2,3)10-14-11-18-15(20-14)19-13-6-4-12(5-7-13)8-9-17/h4-7,14H,8,10-11H2,1-3H3,(H,18,19). The first-order valence-electron chi connectivity index (χ1n) is 6.90. The maximum absolute atomic E-state index is 8.65. The molecule has 0 aromatic heterocycles. The minimum Gasteiger partial charge on any atom is -0.335 e. The average Bonchev–Trinajstić information content (AvgIpc) is 2.77. The lowest BCUT2D eigenvalue weighted by Crippen LogP contribution is -2.16. The molecule has 1 aliphatic heterocycles. The second-order valence-electron chi connectivity index (χ2n) is 6.31. The monoisotopic (exact) mass is 287 g/mol. The van der Waals surface area contributed by atoms with E-state index in [0.717, 1.165) is 23.0 Å². The lowest BCUT2D eigenvalue weighted by molar-refractivity contribution is 0.375. The Bertz CT molecular complexity index is 520. The fraction of sp³-hybridized carbons (Fsp3) is 0.500. The van der Waals surface area contributed by atoms with Gasteiger partial charge in [0.25, 0.3) is 0 Å². The first-order valence-corrected chi connectivity index (χ1v) is 7.78. The highest BCUT2D eigenvalue weighted by molar-refractivity contribution is 8.15. The van der Waals surface area contributed by atoms with Gasteiger partial charge in [0.05, 0.1) is 19.0 Å². The van der Waals surface area contributed by atoms with E-state index in [1.54, 1.807) is 0 Å². The van der Waals surface area contributed by atoms with Crippen LogP contribution in [0.15, 0.2) is 29.3 Å². The van der Waals surface area contributed by atoms with Crippen LogP contribution < -0.4 is 5.32 Å². The normalized spacial score (nSPS) is 18.5. The zero-order valence-electron chi connectivity index (χ0n) is 12.3. The quantitative estimate of drug-likeness (QED) is 0.911. The molecule has 3 nitrogen and oxygen atoms in total. The molecule has 0 radical (unpaired) electrons. The van der Waals surface area contributed by atoms with Crippen molar-refractivity contribution in [2.75, 3.05) is 11.9 Å². The topological polar surface area (TPSA) is 48.2 Å². The summed E-state index contributed by atoms with van der Waals surface area (Å²) in [5.41, 5.74) is 2.43. The largest absolute Gasteiger partial charge is 0.335 e. The molecule has 1 heterocycles. The van der Waals surface area contributed by atoms with Crippen LogP contribution in [0, 0.1) is 16.7 Å². The van der Waals surface area contributed by atoms with E-state index >= 15 is 0 Å². The minimum atomic E-state index is 0.349. The van der Waals surface area contributed by atoms with Crippen molar-refractivity contribution in [3.05, 3.63) is 29.8 Å². The maximum Gasteiger partial charge on any atom is 0.161 e. The highest BCUT2D eigenvalue weighted by atomic mass is 32.2. The van der Waals surface area contributed by atoms with Crippen molar-refractivity contribution in [2.45, 2.75) is 38.9 Å². The van der Waals surface area contributed by atoms with Crippen molar-refractivity contribution in [3.8, 4) is 6.07 Å². The van der Waals surface area contributed by atoms with Crippen molar-refractivity contribution < 1.29 is 0 Å². The van der Waals surface area contributed by atoms with Gasteiger partial charge >= 0.3 is 0 Å². The van der Waals surface area contributed by atoms with E-state index in [2.05, 4.69) is 37.1 Å². The van der Waals surface area contributed by atoms with Gasteiger partial charge in [-0.2, -0.15) is 5.26 Å². The van der Waals surface area contributed by atoms with E-state index < -0.39 is 0 Å². The van der Waals surface area contributed by atoms with E-state index in [1.807, 2.05) is 36.0 Å². The number of nitrogens with zero attached hydrogens (tertiary/aromatic N) is 2. The Labute approximate surface area is 125 Å². The molecule has 2 rings (SSSR count). The second-order valence-corrected chi connectivity index (χ2v) is 7.60. The van der Waals surface area contributed by atoms with Gasteiger partial charge in [-0.3, -0.25) is 4.99 Å². The summed E-state index contributed by atoms with van der Waals surface area (Å²) >= 11 is 1.83. The summed E-state index contributed by atoms with van der Waals surface area (Å²) in [5, 5.41) is 13.6. The summed E-state index contributed by atoms with van der Waals surface area (Å²) in [4.78, 5) is 4.57. The van der Waals surface area contributed by atoms with Crippen LogP contribution in [0.2, 0.25) is 0 Å². The van der Waals surface area contributed by atoms with Crippen LogP contribution in [0.3, 0.4) is 0 Å². The lowest BCUT2D eigenvalue weighted by Gasteiger charge is -2.21. The van der Waals surface area contributed by atoms with E-state index in [4.69, 9.17) is 5.26 Å². The number of aliphatic imine (C=N–C) groups is 1. The molecular weight excluding hydrogens is 266 g/mol. The first-order chi connectivity index (χ1) is 9.46. The van der Waals surface area contributed by atoms with Crippen LogP contribution in [-0.2, 0) is 6.42 Å². The fourth-order valence-corrected chi connectivity index (χ4v) is 3.57. The summed E-state index contributed by atoms with van der Waals surface area (Å²) in [7, 11) is 0. The molecule has 0 amide bonds.